The van der Waals surface area contributed by atoms with E-state index in [1.165, 1.54) is 24.2 Å². The summed E-state index contributed by atoms with van der Waals surface area (Å²) in [5.41, 5.74) is 2.53. The Bertz CT molecular complexity index is 506. The maximum absolute atomic E-state index is 12.0. The van der Waals surface area contributed by atoms with Crippen LogP contribution in [0, 0.1) is 5.92 Å². The van der Waals surface area contributed by atoms with Gasteiger partial charge in [-0.05, 0) is 23.6 Å². The highest BCUT2D eigenvalue weighted by atomic mass is 16.1. The van der Waals surface area contributed by atoms with Gasteiger partial charge in [0.05, 0.1) is 0 Å². The number of likely N-dealkylation sites (N-methyl/N-ethyl adjacent to an activating group) is 1. The third kappa shape index (κ3) is 7.17. The molecular weight excluding hydrogens is 310 g/mol. The maximum Gasteiger partial charge on any atom is 0.220 e. The van der Waals surface area contributed by atoms with Crippen LogP contribution in [0.25, 0.3) is 0 Å². The summed E-state index contributed by atoms with van der Waals surface area (Å²) >= 11 is 0. The van der Waals surface area contributed by atoms with Gasteiger partial charge in [0.1, 0.15) is 0 Å². The second-order valence-electron chi connectivity index (χ2n) is 7.40. The van der Waals surface area contributed by atoms with Crippen LogP contribution in [0.4, 0.5) is 0 Å². The van der Waals surface area contributed by atoms with E-state index in [4.69, 9.17) is 0 Å². The topological polar surface area (TPSA) is 35.6 Å². The van der Waals surface area contributed by atoms with Crippen molar-refractivity contribution in [3.63, 3.8) is 0 Å². The number of hydrogen-bond donors (Lipinski definition) is 1. The molecule has 0 saturated carbocycles. The van der Waals surface area contributed by atoms with Crippen LogP contribution in [0.2, 0.25) is 0 Å². The average Bonchev–Trinajstić information content (AvgIpc) is 2.62. The third-order valence-corrected chi connectivity index (χ3v) is 5.15. The van der Waals surface area contributed by atoms with Crippen molar-refractivity contribution in [3.8, 4) is 0 Å². The number of nitrogens with zero attached hydrogens (tertiary/aromatic N) is 2. The zero-order valence-electron chi connectivity index (χ0n) is 16.3. The molecule has 4 nitrogen and oxygen atoms in total. The first-order valence-electron chi connectivity index (χ1n) is 9.90. The second kappa shape index (κ2) is 10.6. The van der Waals surface area contributed by atoms with Gasteiger partial charge in [-0.15, -0.1) is 0 Å². The van der Waals surface area contributed by atoms with Crippen molar-refractivity contribution in [3.05, 3.63) is 35.4 Å². The van der Waals surface area contributed by atoms with E-state index in [1.54, 1.807) is 0 Å². The van der Waals surface area contributed by atoms with Gasteiger partial charge in [0.25, 0.3) is 0 Å². The average molecular weight is 346 g/mol. The molecule has 0 aliphatic carbocycles. The Balaban J connectivity index is 1.72. The number of carbonyl (C=O) groups excluding carboxylic acids is 1. The van der Waals surface area contributed by atoms with Crippen LogP contribution in [0.15, 0.2) is 24.3 Å². The molecule has 1 atom stereocenters. The van der Waals surface area contributed by atoms with Crippen LogP contribution < -0.4 is 5.32 Å². The van der Waals surface area contributed by atoms with E-state index in [0.29, 0.717) is 18.9 Å². The van der Waals surface area contributed by atoms with E-state index in [1.807, 2.05) is 0 Å². The minimum absolute atomic E-state index is 0.166. The first-order valence-corrected chi connectivity index (χ1v) is 9.90. The molecule has 0 bridgehead atoms. The van der Waals surface area contributed by atoms with Gasteiger partial charge in [0.2, 0.25) is 5.91 Å². The van der Waals surface area contributed by atoms with E-state index in [2.05, 4.69) is 60.2 Å². The maximum atomic E-state index is 12.0. The molecule has 1 amide bonds. The summed E-state index contributed by atoms with van der Waals surface area (Å²) in [5, 5.41) is 3.05. The van der Waals surface area contributed by atoms with Crippen LogP contribution in [0.1, 0.15) is 51.2 Å². The van der Waals surface area contributed by atoms with Crippen molar-refractivity contribution in [1.29, 1.82) is 0 Å². The number of piperazine rings is 1. The first kappa shape index (κ1) is 19.9. The lowest BCUT2D eigenvalue weighted by molar-refractivity contribution is -0.122. The molecule has 1 saturated heterocycles. The molecule has 25 heavy (non-hydrogen) atoms. The second-order valence-corrected chi connectivity index (χ2v) is 7.40. The Kier molecular flexibility index (Phi) is 8.42. The van der Waals surface area contributed by atoms with Crippen molar-refractivity contribution in [1.82, 2.24) is 15.1 Å². The third-order valence-electron chi connectivity index (χ3n) is 5.15. The van der Waals surface area contributed by atoms with E-state index >= 15 is 0 Å². The predicted molar refractivity (Wildman–Crippen MR) is 104 cm³/mol. The van der Waals surface area contributed by atoms with Gasteiger partial charge in [-0.25, -0.2) is 0 Å². The molecule has 1 aliphatic heterocycles. The molecule has 140 valence electrons. The van der Waals surface area contributed by atoms with Gasteiger partial charge >= 0.3 is 0 Å². The van der Waals surface area contributed by atoms with Gasteiger partial charge < -0.3 is 10.2 Å². The van der Waals surface area contributed by atoms with Crippen molar-refractivity contribution < 1.29 is 4.79 Å². The largest absolute Gasteiger partial charge is 0.352 e. The Morgan fingerprint density at radius 3 is 2.24 bits per heavy atom. The first-order chi connectivity index (χ1) is 12.1. The van der Waals surface area contributed by atoms with E-state index < -0.39 is 0 Å². The summed E-state index contributed by atoms with van der Waals surface area (Å²) in [6, 6.07) is 8.70. The monoisotopic (exact) mass is 345 g/mol. The molecule has 4 heteroatoms. The lowest BCUT2D eigenvalue weighted by atomic mass is 10.0. The number of amides is 1. The summed E-state index contributed by atoms with van der Waals surface area (Å²) in [7, 11) is 0. The van der Waals surface area contributed by atoms with Gasteiger partial charge in [0.15, 0.2) is 0 Å². The van der Waals surface area contributed by atoms with Gasteiger partial charge in [0, 0.05) is 45.7 Å². The molecule has 0 spiro atoms. The Morgan fingerprint density at radius 2 is 1.64 bits per heavy atom. The van der Waals surface area contributed by atoms with Crippen LogP contribution in [0.3, 0.4) is 0 Å². The smallest absolute Gasteiger partial charge is 0.220 e. The number of carbonyl (C=O) groups is 1. The van der Waals surface area contributed by atoms with E-state index in [-0.39, 0.29) is 5.91 Å². The van der Waals surface area contributed by atoms with E-state index in [0.717, 1.165) is 39.0 Å². The number of hydrogen-bond acceptors (Lipinski definition) is 3. The zero-order valence-corrected chi connectivity index (χ0v) is 16.3. The van der Waals surface area contributed by atoms with Crippen molar-refractivity contribution >= 4 is 5.91 Å². The molecule has 2 rings (SSSR count). The molecule has 1 aromatic rings. The van der Waals surface area contributed by atoms with Crippen LogP contribution in [0.5, 0.6) is 0 Å². The fourth-order valence-electron chi connectivity index (χ4n) is 3.47. The Hall–Kier alpha value is -1.39. The Labute approximate surface area is 153 Å². The molecule has 1 fully saturated rings. The van der Waals surface area contributed by atoms with Crippen molar-refractivity contribution in [2.45, 2.75) is 53.1 Å². The number of benzene rings is 1. The highest BCUT2D eigenvalue weighted by Gasteiger charge is 2.15. The highest BCUT2D eigenvalue weighted by Crippen LogP contribution is 2.11. The van der Waals surface area contributed by atoms with Gasteiger partial charge in [-0.1, -0.05) is 57.9 Å². The molecule has 1 aromatic carbocycles. The van der Waals surface area contributed by atoms with Gasteiger partial charge in [-0.2, -0.15) is 0 Å². The molecule has 1 heterocycles. The summed E-state index contributed by atoms with van der Waals surface area (Å²) in [5.74, 6) is 0.638. The molecule has 0 aromatic heterocycles. The minimum Gasteiger partial charge on any atom is -0.352 e. The summed E-state index contributed by atoms with van der Waals surface area (Å²) in [6.07, 6.45) is 2.90. The number of nitrogens with one attached hydrogen (secondary N) is 1. The minimum atomic E-state index is 0.166. The zero-order chi connectivity index (χ0) is 18.1. The quantitative estimate of drug-likeness (QED) is 0.746. The molecule has 1 aliphatic rings. The van der Waals surface area contributed by atoms with E-state index in [9.17, 15) is 4.79 Å². The molecule has 1 N–H and O–H groups in total. The molecule has 0 radical (unpaired) electrons. The van der Waals surface area contributed by atoms with Crippen LogP contribution in [-0.4, -0.2) is 48.4 Å². The lowest BCUT2D eigenvalue weighted by Crippen LogP contribution is -2.45. The summed E-state index contributed by atoms with van der Waals surface area (Å²) in [4.78, 5) is 17.0. The van der Waals surface area contributed by atoms with Crippen molar-refractivity contribution in [2.75, 3.05) is 32.7 Å². The van der Waals surface area contributed by atoms with Gasteiger partial charge in [-0.3, -0.25) is 9.69 Å². The lowest BCUT2D eigenvalue weighted by Gasteiger charge is -2.34. The standard InChI is InChI=1S/C21H35N3O/c1-4-6-18(3)15-21(25)22-16-19-7-9-20(10-8-19)17-24-13-11-23(5-2)12-14-24/h7-10,18H,4-6,11-17H2,1-3H3,(H,22,25). The van der Waals surface area contributed by atoms with Crippen molar-refractivity contribution in [2.24, 2.45) is 5.92 Å². The van der Waals surface area contributed by atoms with Crippen LogP contribution in [-0.2, 0) is 17.9 Å². The molecular formula is C21H35N3O. The predicted octanol–water partition coefficient (Wildman–Crippen LogP) is 3.27. The molecule has 1 unspecified atom stereocenters. The summed E-state index contributed by atoms with van der Waals surface area (Å²) in [6.45, 7) is 14.0. The Morgan fingerprint density at radius 1 is 1.04 bits per heavy atom. The van der Waals surface area contributed by atoms with Crippen LogP contribution >= 0.6 is 0 Å². The SMILES string of the molecule is CCCC(C)CC(=O)NCc1ccc(CN2CCN(CC)CC2)cc1. The fraction of sp³-hybridized carbons (Fsp3) is 0.667. The normalized spacial score (nSPS) is 17.4. The fourth-order valence-corrected chi connectivity index (χ4v) is 3.47. The number of rotatable bonds is 9. The highest BCUT2D eigenvalue weighted by molar-refractivity contribution is 5.76. The summed E-state index contributed by atoms with van der Waals surface area (Å²) < 4.78 is 0.